The van der Waals surface area contributed by atoms with Gasteiger partial charge in [-0.05, 0) is 37.1 Å². The van der Waals surface area contributed by atoms with E-state index in [0.29, 0.717) is 16.9 Å². The molecule has 0 bridgehead atoms. The first-order chi connectivity index (χ1) is 8.83. The molecule has 19 heavy (non-hydrogen) atoms. The van der Waals surface area contributed by atoms with Gasteiger partial charge in [-0.2, -0.15) is 13.2 Å². The van der Waals surface area contributed by atoms with Crippen LogP contribution in [0.5, 0.6) is 5.75 Å². The van der Waals surface area contributed by atoms with Crippen molar-refractivity contribution in [2.24, 2.45) is 0 Å². The molecule has 106 valence electrons. The van der Waals surface area contributed by atoms with Crippen LogP contribution in [0.25, 0.3) is 0 Å². The van der Waals surface area contributed by atoms with Crippen molar-refractivity contribution in [3.8, 4) is 5.75 Å². The predicted molar refractivity (Wildman–Crippen MR) is 63.3 cm³/mol. The Labute approximate surface area is 109 Å². The van der Waals surface area contributed by atoms with E-state index in [9.17, 15) is 18.0 Å². The fourth-order valence-corrected chi connectivity index (χ4v) is 1.51. The van der Waals surface area contributed by atoms with Crippen LogP contribution in [0, 0.1) is 6.92 Å². The number of methoxy groups -OCH3 is 1. The van der Waals surface area contributed by atoms with Crippen LogP contribution in [0.15, 0.2) is 18.2 Å². The number of benzene rings is 1. The van der Waals surface area contributed by atoms with Crippen LogP contribution in [0.2, 0.25) is 0 Å². The van der Waals surface area contributed by atoms with Crippen molar-refractivity contribution in [3.63, 3.8) is 0 Å². The maximum absolute atomic E-state index is 11.9. The lowest BCUT2D eigenvalue weighted by atomic mass is 10.1. The normalized spacial score (nSPS) is 11.2. The Balaban J connectivity index is 2.54. The largest absolute Gasteiger partial charge is 0.493 e. The summed E-state index contributed by atoms with van der Waals surface area (Å²) in [5, 5.41) is 0. The van der Waals surface area contributed by atoms with Crippen molar-refractivity contribution in [1.29, 1.82) is 0 Å². The summed E-state index contributed by atoms with van der Waals surface area (Å²) in [6, 6.07) is 4.64. The molecule has 0 atom stereocenters. The van der Waals surface area contributed by atoms with Crippen molar-refractivity contribution >= 4 is 5.97 Å². The zero-order valence-corrected chi connectivity index (χ0v) is 10.7. The average molecular weight is 276 g/mol. The summed E-state index contributed by atoms with van der Waals surface area (Å²) in [6.07, 6.45) is -5.12. The number of rotatable bonds is 5. The summed E-state index contributed by atoms with van der Waals surface area (Å²) in [5.74, 6) is 0.00143. The molecular weight excluding hydrogens is 261 g/mol. The number of halogens is 3. The molecule has 3 nitrogen and oxygen atoms in total. The molecule has 1 aromatic rings. The highest BCUT2D eigenvalue weighted by atomic mass is 19.4. The number of alkyl halides is 3. The van der Waals surface area contributed by atoms with E-state index in [1.807, 2.05) is 0 Å². The molecular formula is C13H15F3O3. The Bertz CT molecular complexity index is 441. The zero-order chi connectivity index (χ0) is 14.5. The van der Waals surface area contributed by atoms with Crippen LogP contribution in [0.4, 0.5) is 13.2 Å². The van der Waals surface area contributed by atoms with E-state index in [-0.39, 0.29) is 13.0 Å². The van der Waals surface area contributed by atoms with E-state index < -0.39 is 18.6 Å². The first kappa shape index (κ1) is 15.3. The Morgan fingerprint density at radius 2 is 2.00 bits per heavy atom. The SMILES string of the molecule is COC(=O)c1ccc(OCCCC(F)(F)F)c(C)c1. The standard InChI is InChI=1S/C13H15F3O3/c1-9-8-10(12(17)18-2)4-5-11(9)19-7-3-6-13(14,15)16/h4-5,8H,3,6-7H2,1-2H3. The van der Waals surface area contributed by atoms with Gasteiger partial charge in [-0.1, -0.05) is 0 Å². The lowest BCUT2D eigenvalue weighted by Gasteiger charge is -2.11. The summed E-state index contributed by atoms with van der Waals surface area (Å²) in [4.78, 5) is 11.3. The number of carbonyl (C=O) groups is 1. The number of hydrogen-bond donors (Lipinski definition) is 0. The molecule has 0 amide bonds. The second-order valence-corrected chi connectivity index (χ2v) is 4.04. The highest BCUT2D eigenvalue weighted by molar-refractivity contribution is 5.89. The highest BCUT2D eigenvalue weighted by Gasteiger charge is 2.26. The first-order valence-corrected chi connectivity index (χ1v) is 5.72. The van der Waals surface area contributed by atoms with Gasteiger partial charge in [-0.15, -0.1) is 0 Å². The number of carbonyl (C=O) groups excluding carboxylic acids is 1. The fourth-order valence-electron chi connectivity index (χ4n) is 1.51. The van der Waals surface area contributed by atoms with Gasteiger partial charge in [0.2, 0.25) is 0 Å². The molecule has 1 rings (SSSR count). The zero-order valence-electron chi connectivity index (χ0n) is 10.7. The quantitative estimate of drug-likeness (QED) is 0.610. The number of aryl methyl sites for hydroxylation is 1. The van der Waals surface area contributed by atoms with Crippen LogP contribution in [0.3, 0.4) is 0 Å². The maximum atomic E-state index is 11.9. The van der Waals surface area contributed by atoms with Crippen LogP contribution in [-0.4, -0.2) is 25.9 Å². The average Bonchev–Trinajstić information content (AvgIpc) is 2.33. The Hall–Kier alpha value is -1.72. The summed E-state index contributed by atoms with van der Waals surface area (Å²) >= 11 is 0. The van der Waals surface area contributed by atoms with Gasteiger partial charge < -0.3 is 9.47 Å². The van der Waals surface area contributed by atoms with Crippen molar-refractivity contribution < 1.29 is 27.4 Å². The smallest absolute Gasteiger partial charge is 0.389 e. The van der Waals surface area contributed by atoms with Crippen LogP contribution >= 0.6 is 0 Å². The Kier molecular flexibility index (Phi) is 5.20. The van der Waals surface area contributed by atoms with Gasteiger partial charge in [0.25, 0.3) is 0 Å². The second-order valence-electron chi connectivity index (χ2n) is 4.04. The molecule has 0 aliphatic rings. The minimum atomic E-state index is -4.16. The van der Waals surface area contributed by atoms with E-state index in [1.54, 1.807) is 19.1 Å². The molecule has 0 saturated carbocycles. The molecule has 0 fully saturated rings. The number of hydrogen-bond acceptors (Lipinski definition) is 3. The molecule has 0 spiro atoms. The van der Waals surface area contributed by atoms with Crippen molar-refractivity contribution in [2.45, 2.75) is 25.9 Å². The van der Waals surface area contributed by atoms with E-state index >= 15 is 0 Å². The van der Waals surface area contributed by atoms with Gasteiger partial charge in [0.1, 0.15) is 5.75 Å². The highest BCUT2D eigenvalue weighted by Crippen LogP contribution is 2.23. The molecule has 0 aliphatic heterocycles. The third-order valence-electron chi connectivity index (χ3n) is 2.46. The minimum Gasteiger partial charge on any atom is -0.493 e. The van der Waals surface area contributed by atoms with Gasteiger partial charge in [0, 0.05) is 6.42 Å². The van der Waals surface area contributed by atoms with E-state index in [0.717, 1.165) is 0 Å². The number of esters is 1. The summed E-state index contributed by atoms with van der Waals surface area (Å²) < 4.78 is 45.6. The first-order valence-electron chi connectivity index (χ1n) is 5.72. The third-order valence-corrected chi connectivity index (χ3v) is 2.46. The van der Waals surface area contributed by atoms with E-state index in [1.165, 1.54) is 13.2 Å². The van der Waals surface area contributed by atoms with Gasteiger partial charge in [-0.3, -0.25) is 0 Å². The van der Waals surface area contributed by atoms with Crippen LogP contribution < -0.4 is 4.74 Å². The molecule has 6 heteroatoms. The molecule has 1 aromatic carbocycles. The summed E-state index contributed by atoms with van der Waals surface area (Å²) in [5.41, 5.74) is 1.05. The Morgan fingerprint density at radius 1 is 1.32 bits per heavy atom. The van der Waals surface area contributed by atoms with E-state index in [2.05, 4.69) is 4.74 Å². The molecule has 0 N–H and O–H groups in total. The topological polar surface area (TPSA) is 35.5 Å². The molecule has 0 heterocycles. The maximum Gasteiger partial charge on any atom is 0.389 e. The molecule has 0 radical (unpaired) electrons. The minimum absolute atomic E-state index is 0.0160. The monoisotopic (exact) mass is 276 g/mol. The Morgan fingerprint density at radius 3 is 2.53 bits per heavy atom. The lowest BCUT2D eigenvalue weighted by Crippen LogP contribution is -2.10. The molecule has 0 unspecified atom stereocenters. The van der Waals surface area contributed by atoms with Crippen molar-refractivity contribution in [1.82, 2.24) is 0 Å². The van der Waals surface area contributed by atoms with Crippen LogP contribution in [-0.2, 0) is 4.74 Å². The van der Waals surface area contributed by atoms with Crippen molar-refractivity contribution in [3.05, 3.63) is 29.3 Å². The van der Waals surface area contributed by atoms with Gasteiger partial charge in [-0.25, -0.2) is 4.79 Å². The lowest BCUT2D eigenvalue weighted by molar-refractivity contribution is -0.136. The summed E-state index contributed by atoms with van der Waals surface area (Å²) in [7, 11) is 1.28. The predicted octanol–water partition coefficient (Wildman–Crippen LogP) is 3.50. The second kappa shape index (κ2) is 6.45. The summed E-state index contributed by atoms with van der Waals surface area (Å²) in [6.45, 7) is 1.70. The molecule has 0 aromatic heterocycles. The molecule has 0 aliphatic carbocycles. The number of ether oxygens (including phenoxy) is 2. The van der Waals surface area contributed by atoms with Gasteiger partial charge in [0.05, 0.1) is 19.3 Å². The van der Waals surface area contributed by atoms with E-state index in [4.69, 9.17) is 4.74 Å². The molecule has 0 saturated heterocycles. The fraction of sp³-hybridized carbons (Fsp3) is 0.462. The van der Waals surface area contributed by atoms with Crippen molar-refractivity contribution in [2.75, 3.05) is 13.7 Å². The van der Waals surface area contributed by atoms with Gasteiger partial charge in [0.15, 0.2) is 0 Å². The van der Waals surface area contributed by atoms with Gasteiger partial charge >= 0.3 is 12.1 Å². The van der Waals surface area contributed by atoms with Crippen LogP contribution in [0.1, 0.15) is 28.8 Å². The third kappa shape index (κ3) is 5.19.